The molecule has 2 aliphatic rings. The Morgan fingerprint density at radius 3 is 2.76 bits per heavy atom. The Labute approximate surface area is 146 Å². The standard InChI is InChI=1S/C18H25N5O2/c1-21-8-9-23-15(19-20-16(23)18(21)25)11-22(2)17(24)14-10-13(14)12-6-4-3-5-7-12/h8-9,12-14H,3-7,10-11H2,1-2H3. The highest BCUT2D eigenvalue weighted by Crippen LogP contribution is 2.50. The summed E-state index contributed by atoms with van der Waals surface area (Å²) in [6, 6.07) is 0. The molecule has 2 unspecified atom stereocenters. The Morgan fingerprint density at radius 2 is 2.00 bits per heavy atom. The van der Waals surface area contributed by atoms with Crippen molar-refractivity contribution < 1.29 is 4.79 Å². The molecule has 134 valence electrons. The lowest BCUT2D eigenvalue weighted by atomic mass is 9.85. The lowest BCUT2D eigenvalue weighted by Gasteiger charge is -2.22. The first-order valence-electron chi connectivity index (χ1n) is 9.20. The molecule has 2 heterocycles. The topological polar surface area (TPSA) is 72.5 Å². The van der Waals surface area contributed by atoms with Gasteiger partial charge in [-0.25, -0.2) is 0 Å². The normalized spacial score (nSPS) is 23.8. The van der Waals surface area contributed by atoms with Gasteiger partial charge in [-0.1, -0.05) is 32.1 Å². The number of carbonyl (C=O) groups is 1. The summed E-state index contributed by atoms with van der Waals surface area (Å²) in [5, 5.41) is 8.10. The second-order valence-corrected chi connectivity index (χ2v) is 7.62. The van der Waals surface area contributed by atoms with Gasteiger partial charge >= 0.3 is 0 Å². The smallest absolute Gasteiger partial charge is 0.295 e. The first kappa shape index (κ1) is 16.3. The Morgan fingerprint density at radius 1 is 1.24 bits per heavy atom. The monoisotopic (exact) mass is 343 g/mol. The van der Waals surface area contributed by atoms with Crippen molar-refractivity contribution in [3.63, 3.8) is 0 Å². The van der Waals surface area contributed by atoms with Crippen molar-refractivity contribution in [2.45, 2.75) is 45.1 Å². The summed E-state index contributed by atoms with van der Waals surface area (Å²) in [6.07, 6.45) is 11.1. The highest BCUT2D eigenvalue weighted by Gasteiger charge is 2.48. The molecule has 1 amide bonds. The van der Waals surface area contributed by atoms with Gasteiger partial charge in [0.15, 0.2) is 5.82 Å². The van der Waals surface area contributed by atoms with Gasteiger partial charge < -0.3 is 9.47 Å². The predicted molar refractivity (Wildman–Crippen MR) is 92.9 cm³/mol. The molecule has 2 aromatic heterocycles. The van der Waals surface area contributed by atoms with E-state index in [0.29, 0.717) is 23.9 Å². The number of nitrogens with zero attached hydrogens (tertiary/aromatic N) is 5. The fourth-order valence-electron chi connectivity index (χ4n) is 4.28. The number of fused-ring (bicyclic) bond motifs is 1. The third kappa shape index (κ3) is 2.96. The minimum Gasteiger partial charge on any atom is -0.338 e. The summed E-state index contributed by atoms with van der Waals surface area (Å²) in [6.45, 7) is 0.376. The lowest BCUT2D eigenvalue weighted by molar-refractivity contribution is -0.132. The second-order valence-electron chi connectivity index (χ2n) is 7.62. The Balaban J connectivity index is 1.44. The van der Waals surface area contributed by atoms with E-state index in [1.165, 1.54) is 36.7 Å². The third-order valence-corrected chi connectivity index (χ3v) is 5.88. The van der Waals surface area contributed by atoms with Crippen LogP contribution in [0.4, 0.5) is 0 Å². The number of aromatic nitrogens is 4. The molecule has 0 bridgehead atoms. The predicted octanol–water partition coefficient (Wildman–Crippen LogP) is 1.60. The van der Waals surface area contributed by atoms with Gasteiger partial charge in [0.05, 0.1) is 6.54 Å². The van der Waals surface area contributed by atoms with Crippen LogP contribution in [0.5, 0.6) is 0 Å². The lowest BCUT2D eigenvalue weighted by Crippen LogP contribution is -2.30. The van der Waals surface area contributed by atoms with E-state index in [9.17, 15) is 9.59 Å². The molecule has 0 radical (unpaired) electrons. The van der Waals surface area contributed by atoms with Crippen molar-refractivity contribution >= 4 is 11.6 Å². The molecule has 0 aromatic carbocycles. The van der Waals surface area contributed by atoms with Crippen LogP contribution in [-0.4, -0.2) is 37.0 Å². The first-order chi connectivity index (χ1) is 12.1. The number of hydrogen-bond acceptors (Lipinski definition) is 4. The Bertz CT molecular complexity index is 849. The van der Waals surface area contributed by atoms with Crippen molar-refractivity contribution in [1.82, 2.24) is 24.1 Å². The van der Waals surface area contributed by atoms with E-state index in [-0.39, 0.29) is 17.4 Å². The average molecular weight is 343 g/mol. The zero-order valence-corrected chi connectivity index (χ0v) is 14.9. The summed E-state index contributed by atoms with van der Waals surface area (Å²) >= 11 is 0. The van der Waals surface area contributed by atoms with Gasteiger partial charge in [0.1, 0.15) is 0 Å². The van der Waals surface area contributed by atoms with Crippen LogP contribution in [0.15, 0.2) is 17.2 Å². The Hall–Kier alpha value is -2.18. The van der Waals surface area contributed by atoms with Crippen molar-refractivity contribution in [2.24, 2.45) is 24.8 Å². The van der Waals surface area contributed by atoms with E-state index in [1.54, 1.807) is 28.7 Å². The van der Waals surface area contributed by atoms with Gasteiger partial charge in [-0.05, 0) is 18.3 Å². The quantitative estimate of drug-likeness (QED) is 0.845. The van der Waals surface area contributed by atoms with Crippen LogP contribution >= 0.6 is 0 Å². The summed E-state index contributed by atoms with van der Waals surface area (Å²) in [5.74, 6) is 2.33. The van der Waals surface area contributed by atoms with Gasteiger partial charge in [-0.3, -0.25) is 14.0 Å². The van der Waals surface area contributed by atoms with Crippen molar-refractivity contribution in [1.29, 1.82) is 0 Å². The van der Waals surface area contributed by atoms with Crippen LogP contribution in [0.3, 0.4) is 0 Å². The summed E-state index contributed by atoms with van der Waals surface area (Å²) in [7, 11) is 3.51. The molecule has 0 spiro atoms. The van der Waals surface area contributed by atoms with Crippen molar-refractivity contribution in [3.05, 3.63) is 28.6 Å². The van der Waals surface area contributed by atoms with Crippen LogP contribution in [0, 0.1) is 17.8 Å². The van der Waals surface area contributed by atoms with Gasteiger partial charge in [0.2, 0.25) is 11.6 Å². The zero-order chi connectivity index (χ0) is 17.6. The molecule has 4 rings (SSSR count). The van der Waals surface area contributed by atoms with Gasteiger partial charge in [0.25, 0.3) is 5.56 Å². The fourth-order valence-corrected chi connectivity index (χ4v) is 4.28. The summed E-state index contributed by atoms with van der Waals surface area (Å²) in [4.78, 5) is 26.5. The van der Waals surface area contributed by atoms with Crippen LogP contribution in [0.1, 0.15) is 44.3 Å². The van der Waals surface area contributed by atoms with E-state index in [1.807, 2.05) is 7.05 Å². The molecule has 7 nitrogen and oxygen atoms in total. The molecule has 2 saturated carbocycles. The van der Waals surface area contributed by atoms with Crippen LogP contribution in [-0.2, 0) is 18.4 Å². The van der Waals surface area contributed by atoms with Crippen LogP contribution in [0.25, 0.3) is 5.65 Å². The molecule has 25 heavy (non-hydrogen) atoms. The number of aryl methyl sites for hydroxylation is 1. The third-order valence-electron chi connectivity index (χ3n) is 5.88. The number of amides is 1. The molecule has 2 aliphatic carbocycles. The maximum absolute atomic E-state index is 12.7. The largest absolute Gasteiger partial charge is 0.338 e. The minimum atomic E-state index is -0.185. The number of carbonyl (C=O) groups excluding carboxylic acids is 1. The minimum absolute atomic E-state index is 0.181. The van der Waals surface area contributed by atoms with E-state index >= 15 is 0 Å². The maximum Gasteiger partial charge on any atom is 0.295 e. The molecule has 2 fully saturated rings. The molecule has 0 aliphatic heterocycles. The summed E-state index contributed by atoms with van der Waals surface area (Å²) in [5.41, 5.74) is 0.113. The Kier molecular flexibility index (Phi) is 4.09. The second kappa shape index (κ2) is 6.28. The number of rotatable bonds is 4. The molecule has 7 heteroatoms. The first-order valence-corrected chi connectivity index (χ1v) is 9.20. The van der Waals surface area contributed by atoms with Gasteiger partial charge in [0, 0.05) is 32.4 Å². The van der Waals surface area contributed by atoms with E-state index in [0.717, 1.165) is 12.3 Å². The molecule has 2 atom stereocenters. The fraction of sp³-hybridized carbons (Fsp3) is 0.667. The highest BCUT2D eigenvalue weighted by molar-refractivity contribution is 5.81. The van der Waals surface area contributed by atoms with Gasteiger partial charge in [-0.15, -0.1) is 10.2 Å². The van der Waals surface area contributed by atoms with Crippen molar-refractivity contribution in [3.8, 4) is 0 Å². The molecule has 2 aromatic rings. The molecule has 0 N–H and O–H groups in total. The summed E-state index contributed by atoms with van der Waals surface area (Å²) < 4.78 is 3.15. The SMILES string of the molecule is CN(Cc1nnc2c(=O)n(C)ccn12)C(=O)C1CC1C1CCCCC1. The van der Waals surface area contributed by atoms with Crippen LogP contribution < -0.4 is 5.56 Å². The molecular weight excluding hydrogens is 318 g/mol. The van der Waals surface area contributed by atoms with E-state index in [2.05, 4.69) is 10.2 Å². The maximum atomic E-state index is 12.7. The average Bonchev–Trinajstić information content (AvgIpc) is 3.33. The van der Waals surface area contributed by atoms with E-state index < -0.39 is 0 Å². The van der Waals surface area contributed by atoms with Crippen molar-refractivity contribution in [2.75, 3.05) is 7.05 Å². The van der Waals surface area contributed by atoms with E-state index in [4.69, 9.17) is 0 Å². The number of hydrogen-bond donors (Lipinski definition) is 0. The van der Waals surface area contributed by atoms with Gasteiger partial charge in [-0.2, -0.15) is 0 Å². The zero-order valence-electron chi connectivity index (χ0n) is 14.9. The molecular formula is C18H25N5O2. The highest BCUT2D eigenvalue weighted by atomic mass is 16.2. The molecule has 0 saturated heterocycles. The van der Waals surface area contributed by atoms with Crippen LogP contribution in [0.2, 0.25) is 0 Å².